The molecule has 0 unspecified atom stereocenters. The van der Waals surface area contributed by atoms with Gasteiger partial charge in [0.25, 0.3) is 5.91 Å². The van der Waals surface area contributed by atoms with Gasteiger partial charge in [-0.25, -0.2) is 4.79 Å². The van der Waals surface area contributed by atoms with E-state index in [0.29, 0.717) is 5.69 Å². The van der Waals surface area contributed by atoms with Gasteiger partial charge >= 0.3 is 6.03 Å². The fourth-order valence-electron chi connectivity index (χ4n) is 1.27. The minimum atomic E-state index is -0.612. The largest absolute Gasteiger partial charge is 0.459 e. The molecule has 18 heavy (non-hydrogen) atoms. The van der Waals surface area contributed by atoms with E-state index in [1.54, 1.807) is 30.3 Å². The molecule has 0 aliphatic carbocycles. The highest BCUT2D eigenvalue weighted by Gasteiger charge is 2.12. The second-order valence-electron chi connectivity index (χ2n) is 3.39. The number of hydrogen-bond acceptors (Lipinski definition) is 3. The van der Waals surface area contributed by atoms with Crippen molar-refractivity contribution in [3.05, 3.63) is 52.9 Å². The minimum absolute atomic E-state index is 0.0842. The molecule has 0 radical (unpaired) electrons. The van der Waals surface area contributed by atoms with E-state index < -0.39 is 11.9 Å². The Labute approximate surface area is 111 Å². The van der Waals surface area contributed by atoms with Gasteiger partial charge in [-0.1, -0.05) is 15.9 Å². The van der Waals surface area contributed by atoms with Crippen molar-refractivity contribution in [2.75, 3.05) is 5.32 Å². The number of furan rings is 1. The van der Waals surface area contributed by atoms with Crippen molar-refractivity contribution in [3.8, 4) is 0 Å². The number of amides is 3. The maximum Gasteiger partial charge on any atom is 0.326 e. The second kappa shape index (κ2) is 5.50. The molecular weight excluding hydrogens is 300 g/mol. The van der Waals surface area contributed by atoms with Gasteiger partial charge in [-0.15, -0.1) is 0 Å². The highest BCUT2D eigenvalue weighted by molar-refractivity contribution is 9.10. The molecule has 0 bridgehead atoms. The van der Waals surface area contributed by atoms with Crippen LogP contribution in [0, 0.1) is 0 Å². The van der Waals surface area contributed by atoms with E-state index in [1.165, 1.54) is 12.3 Å². The Hall–Kier alpha value is -2.08. The van der Waals surface area contributed by atoms with Crippen LogP contribution in [0.15, 0.2) is 51.6 Å². The maximum absolute atomic E-state index is 11.5. The van der Waals surface area contributed by atoms with Crippen molar-refractivity contribution in [1.29, 1.82) is 0 Å². The summed E-state index contributed by atoms with van der Waals surface area (Å²) in [6.07, 6.45) is 1.36. The van der Waals surface area contributed by atoms with Gasteiger partial charge in [0.2, 0.25) is 0 Å². The van der Waals surface area contributed by atoms with Crippen molar-refractivity contribution in [1.82, 2.24) is 5.32 Å². The SMILES string of the molecule is O=C(NC(=O)c1ccco1)Nc1ccc(Br)cc1. The molecule has 1 heterocycles. The third-order valence-electron chi connectivity index (χ3n) is 2.07. The fourth-order valence-corrected chi connectivity index (χ4v) is 1.53. The average Bonchev–Trinajstić information content (AvgIpc) is 2.85. The summed E-state index contributed by atoms with van der Waals surface area (Å²) in [6, 6.07) is 9.42. The quantitative estimate of drug-likeness (QED) is 0.896. The van der Waals surface area contributed by atoms with Gasteiger partial charge < -0.3 is 9.73 Å². The van der Waals surface area contributed by atoms with Crippen LogP contribution in [0.2, 0.25) is 0 Å². The molecule has 0 atom stereocenters. The number of benzene rings is 1. The summed E-state index contributed by atoms with van der Waals surface area (Å²) in [7, 11) is 0. The van der Waals surface area contributed by atoms with Gasteiger partial charge in [-0.05, 0) is 36.4 Å². The van der Waals surface area contributed by atoms with Crippen LogP contribution in [-0.4, -0.2) is 11.9 Å². The number of urea groups is 1. The molecule has 0 aliphatic rings. The highest BCUT2D eigenvalue weighted by atomic mass is 79.9. The van der Waals surface area contributed by atoms with Crippen LogP contribution >= 0.6 is 15.9 Å². The third kappa shape index (κ3) is 3.21. The number of nitrogens with one attached hydrogen (secondary N) is 2. The Balaban J connectivity index is 1.93. The van der Waals surface area contributed by atoms with Crippen molar-refractivity contribution in [2.24, 2.45) is 0 Å². The molecule has 0 saturated carbocycles. The molecule has 0 fully saturated rings. The number of imide groups is 1. The lowest BCUT2D eigenvalue weighted by molar-refractivity contribution is 0.0940. The average molecular weight is 309 g/mol. The van der Waals surface area contributed by atoms with E-state index in [4.69, 9.17) is 4.42 Å². The molecule has 0 spiro atoms. The van der Waals surface area contributed by atoms with E-state index in [1.807, 2.05) is 0 Å². The number of rotatable bonds is 2. The Bertz CT molecular complexity index is 549. The predicted octanol–water partition coefficient (Wildman–Crippen LogP) is 3.00. The summed E-state index contributed by atoms with van der Waals surface area (Å²) in [4.78, 5) is 23.0. The first-order chi connectivity index (χ1) is 8.65. The first kappa shape index (κ1) is 12.4. The van der Waals surface area contributed by atoms with Crippen molar-refractivity contribution in [2.45, 2.75) is 0 Å². The summed E-state index contributed by atoms with van der Waals surface area (Å²) in [5.74, 6) is -0.504. The summed E-state index contributed by atoms with van der Waals surface area (Å²) >= 11 is 3.28. The number of carbonyl (C=O) groups is 2. The van der Waals surface area contributed by atoms with Gasteiger partial charge in [-0.3, -0.25) is 10.1 Å². The number of hydrogen-bond donors (Lipinski definition) is 2. The zero-order valence-corrected chi connectivity index (χ0v) is 10.7. The minimum Gasteiger partial charge on any atom is -0.459 e. The van der Waals surface area contributed by atoms with Crippen LogP contribution in [-0.2, 0) is 0 Å². The van der Waals surface area contributed by atoms with E-state index in [0.717, 1.165) is 4.47 Å². The molecule has 6 heteroatoms. The van der Waals surface area contributed by atoms with Gasteiger partial charge in [0.05, 0.1) is 6.26 Å². The van der Waals surface area contributed by atoms with Crippen LogP contribution < -0.4 is 10.6 Å². The monoisotopic (exact) mass is 308 g/mol. The van der Waals surface area contributed by atoms with Crippen LogP contribution in [0.25, 0.3) is 0 Å². The zero-order valence-electron chi connectivity index (χ0n) is 9.14. The molecule has 92 valence electrons. The van der Waals surface area contributed by atoms with Crippen molar-refractivity contribution in [3.63, 3.8) is 0 Å². The molecule has 2 N–H and O–H groups in total. The molecule has 0 aliphatic heterocycles. The molecule has 5 nitrogen and oxygen atoms in total. The molecule has 0 saturated heterocycles. The Morgan fingerprint density at radius 1 is 1.11 bits per heavy atom. The molecule has 3 amide bonds. The number of halogens is 1. The molecular formula is C12H9BrN2O3. The lowest BCUT2D eigenvalue weighted by Gasteiger charge is -2.05. The summed E-state index contributed by atoms with van der Waals surface area (Å²) in [5, 5.41) is 4.68. The summed E-state index contributed by atoms with van der Waals surface area (Å²) in [5.41, 5.74) is 0.586. The fraction of sp³-hybridized carbons (Fsp3) is 0. The lowest BCUT2D eigenvalue weighted by atomic mass is 10.3. The van der Waals surface area contributed by atoms with E-state index >= 15 is 0 Å². The summed E-state index contributed by atoms with van der Waals surface area (Å²) < 4.78 is 5.77. The Morgan fingerprint density at radius 2 is 1.83 bits per heavy atom. The van der Waals surface area contributed by atoms with E-state index in [2.05, 4.69) is 26.6 Å². The van der Waals surface area contributed by atoms with Crippen LogP contribution in [0.4, 0.5) is 10.5 Å². The zero-order chi connectivity index (χ0) is 13.0. The smallest absolute Gasteiger partial charge is 0.326 e. The maximum atomic E-state index is 11.5. The molecule has 1 aromatic carbocycles. The first-order valence-electron chi connectivity index (χ1n) is 5.06. The lowest BCUT2D eigenvalue weighted by Crippen LogP contribution is -2.34. The second-order valence-corrected chi connectivity index (χ2v) is 4.31. The van der Waals surface area contributed by atoms with Crippen LogP contribution in [0.1, 0.15) is 10.6 Å². The van der Waals surface area contributed by atoms with Crippen molar-refractivity contribution >= 4 is 33.6 Å². The van der Waals surface area contributed by atoms with Gasteiger partial charge in [0.15, 0.2) is 5.76 Å². The predicted molar refractivity (Wildman–Crippen MR) is 69.3 cm³/mol. The first-order valence-corrected chi connectivity index (χ1v) is 5.86. The number of anilines is 1. The third-order valence-corrected chi connectivity index (χ3v) is 2.60. The number of carbonyl (C=O) groups excluding carboxylic acids is 2. The molecule has 2 rings (SSSR count). The van der Waals surface area contributed by atoms with E-state index in [9.17, 15) is 9.59 Å². The Kier molecular flexibility index (Phi) is 3.78. The van der Waals surface area contributed by atoms with Gasteiger partial charge in [-0.2, -0.15) is 0 Å². The summed E-state index contributed by atoms with van der Waals surface area (Å²) in [6.45, 7) is 0. The Morgan fingerprint density at radius 3 is 2.44 bits per heavy atom. The standard InChI is InChI=1S/C12H9BrN2O3/c13-8-3-5-9(6-4-8)14-12(17)15-11(16)10-2-1-7-18-10/h1-7H,(H2,14,15,16,17). The topological polar surface area (TPSA) is 71.3 Å². The van der Waals surface area contributed by atoms with Crippen LogP contribution in [0.5, 0.6) is 0 Å². The van der Waals surface area contributed by atoms with Gasteiger partial charge in [0, 0.05) is 10.2 Å². The normalized spacial score (nSPS) is 9.83. The highest BCUT2D eigenvalue weighted by Crippen LogP contribution is 2.13. The van der Waals surface area contributed by atoms with Crippen molar-refractivity contribution < 1.29 is 14.0 Å². The van der Waals surface area contributed by atoms with Crippen LogP contribution in [0.3, 0.4) is 0 Å². The van der Waals surface area contributed by atoms with Gasteiger partial charge in [0.1, 0.15) is 0 Å². The van der Waals surface area contributed by atoms with E-state index in [-0.39, 0.29) is 5.76 Å². The molecule has 1 aromatic heterocycles. The molecule has 2 aromatic rings.